The first-order valence-electron chi connectivity index (χ1n) is 7.75. The molecule has 25 heavy (non-hydrogen) atoms. The Bertz CT molecular complexity index is 731. The van der Waals surface area contributed by atoms with E-state index in [0.29, 0.717) is 17.9 Å². The molecule has 0 aliphatic heterocycles. The number of benzene rings is 2. The smallest absolute Gasteiger partial charge is 0.330 e. The summed E-state index contributed by atoms with van der Waals surface area (Å²) in [6.07, 6.45) is 1.63. The van der Waals surface area contributed by atoms with Gasteiger partial charge in [-0.3, -0.25) is 0 Å². The highest BCUT2D eigenvalue weighted by Crippen LogP contribution is 2.18. The van der Waals surface area contributed by atoms with Gasteiger partial charge in [-0.2, -0.15) is 0 Å². The van der Waals surface area contributed by atoms with Gasteiger partial charge in [-0.1, -0.05) is 61.2 Å². The number of aliphatic carboxylic acids is 1. The Labute approximate surface area is 146 Å². The molecule has 0 heterocycles. The van der Waals surface area contributed by atoms with Crippen LogP contribution in [0.25, 0.3) is 0 Å². The Hall–Kier alpha value is -3.28. The second-order valence-electron chi connectivity index (χ2n) is 5.22. The summed E-state index contributed by atoms with van der Waals surface area (Å²) in [5, 5.41) is 14.4. The van der Waals surface area contributed by atoms with Crippen molar-refractivity contribution >= 4 is 12.0 Å². The second kappa shape index (κ2) is 9.12. The number of carboxylic acid groups (broad SMARTS) is 1. The van der Waals surface area contributed by atoms with Gasteiger partial charge >= 0.3 is 12.0 Å². The number of carbonyl (C=O) groups is 2. The molecule has 0 aliphatic carbocycles. The molecule has 2 aromatic carbocycles. The minimum absolute atomic E-state index is 0.209. The zero-order valence-corrected chi connectivity index (χ0v) is 13.6. The summed E-state index contributed by atoms with van der Waals surface area (Å²) in [4.78, 5) is 23.5. The number of nitrogens with one attached hydrogen (secondary N) is 2. The highest BCUT2D eigenvalue weighted by molar-refractivity contribution is 5.83. The van der Waals surface area contributed by atoms with E-state index in [1.54, 1.807) is 42.5 Å². The standard InChI is InChI=1S/C19H20N2O4/c1-2-12-25-16-11-7-6-10-15(16)13-20-19(24)21-17(18(22)23)14-8-4-3-5-9-14/h2-11,17H,1,12-13H2,(H,22,23)(H2,20,21,24). The van der Waals surface area contributed by atoms with Gasteiger partial charge in [0.25, 0.3) is 0 Å². The van der Waals surface area contributed by atoms with Crippen LogP contribution < -0.4 is 15.4 Å². The fraction of sp³-hybridized carbons (Fsp3) is 0.158. The monoisotopic (exact) mass is 340 g/mol. The summed E-state index contributed by atoms with van der Waals surface area (Å²) in [6, 6.07) is 14.1. The quantitative estimate of drug-likeness (QED) is 0.645. The average molecular weight is 340 g/mol. The van der Waals surface area contributed by atoms with Gasteiger partial charge in [0, 0.05) is 12.1 Å². The van der Waals surface area contributed by atoms with Crippen molar-refractivity contribution in [3.8, 4) is 5.75 Å². The van der Waals surface area contributed by atoms with Gasteiger partial charge < -0.3 is 20.5 Å². The Morgan fingerprint density at radius 1 is 1.12 bits per heavy atom. The minimum atomic E-state index is -1.13. The van der Waals surface area contributed by atoms with Crippen molar-refractivity contribution in [1.82, 2.24) is 10.6 Å². The van der Waals surface area contributed by atoms with Crippen LogP contribution in [0.1, 0.15) is 17.2 Å². The Balaban J connectivity index is 1.98. The topological polar surface area (TPSA) is 87.7 Å². The van der Waals surface area contributed by atoms with Crippen LogP contribution in [0.15, 0.2) is 67.3 Å². The molecule has 0 aliphatic rings. The molecule has 6 nitrogen and oxygen atoms in total. The number of para-hydroxylation sites is 1. The van der Waals surface area contributed by atoms with E-state index >= 15 is 0 Å². The van der Waals surface area contributed by atoms with Crippen molar-refractivity contribution in [3.63, 3.8) is 0 Å². The molecular formula is C19H20N2O4. The van der Waals surface area contributed by atoms with Crippen LogP contribution in [0, 0.1) is 0 Å². The van der Waals surface area contributed by atoms with Gasteiger partial charge in [-0.05, 0) is 11.6 Å². The second-order valence-corrected chi connectivity index (χ2v) is 5.22. The van der Waals surface area contributed by atoms with Gasteiger partial charge in [0.1, 0.15) is 12.4 Å². The summed E-state index contributed by atoms with van der Waals surface area (Å²) >= 11 is 0. The summed E-state index contributed by atoms with van der Waals surface area (Å²) in [7, 11) is 0. The predicted octanol–water partition coefficient (Wildman–Crippen LogP) is 2.88. The number of amides is 2. The molecule has 2 rings (SSSR count). The minimum Gasteiger partial charge on any atom is -0.489 e. The van der Waals surface area contributed by atoms with E-state index in [4.69, 9.17) is 4.74 Å². The lowest BCUT2D eigenvalue weighted by atomic mass is 10.1. The van der Waals surface area contributed by atoms with Crippen molar-refractivity contribution in [1.29, 1.82) is 0 Å². The van der Waals surface area contributed by atoms with Crippen LogP contribution in [-0.4, -0.2) is 23.7 Å². The molecule has 0 bridgehead atoms. The zero-order chi connectivity index (χ0) is 18.1. The van der Waals surface area contributed by atoms with E-state index in [2.05, 4.69) is 17.2 Å². The van der Waals surface area contributed by atoms with E-state index in [-0.39, 0.29) is 6.54 Å². The highest BCUT2D eigenvalue weighted by atomic mass is 16.5. The van der Waals surface area contributed by atoms with Crippen LogP contribution in [-0.2, 0) is 11.3 Å². The third-order valence-corrected chi connectivity index (χ3v) is 3.42. The molecule has 1 atom stereocenters. The maximum Gasteiger partial charge on any atom is 0.330 e. The van der Waals surface area contributed by atoms with Crippen molar-refractivity contribution in [2.45, 2.75) is 12.6 Å². The molecule has 0 radical (unpaired) electrons. The first-order valence-corrected chi connectivity index (χ1v) is 7.75. The van der Waals surface area contributed by atoms with E-state index in [1.165, 1.54) is 0 Å². The number of ether oxygens (including phenoxy) is 1. The summed E-state index contributed by atoms with van der Waals surface area (Å²) in [6.45, 7) is 4.17. The molecule has 2 amide bonds. The summed E-state index contributed by atoms with van der Waals surface area (Å²) in [5.74, 6) is -0.489. The van der Waals surface area contributed by atoms with Gasteiger partial charge in [0.2, 0.25) is 0 Å². The van der Waals surface area contributed by atoms with Gasteiger partial charge in [-0.15, -0.1) is 0 Å². The van der Waals surface area contributed by atoms with Crippen LogP contribution >= 0.6 is 0 Å². The highest BCUT2D eigenvalue weighted by Gasteiger charge is 2.21. The van der Waals surface area contributed by atoms with Crippen LogP contribution in [0.2, 0.25) is 0 Å². The molecular weight excluding hydrogens is 320 g/mol. The molecule has 0 fully saturated rings. The van der Waals surface area contributed by atoms with Crippen molar-refractivity contribution < 1.29 is 19.4 Å². The molecule has 1 unspecified atom stereocenters. The summed E-state index contributed by atoms with van der Waals surface area (Å²) < 4.78 is 5.52. The molecule has 0 spiro atoms. The Kier molecular flexibility index (Phi) is 6.59. The van der Waals surface area contributed by atoms with Gasteiger partial charge in [-0.25, -0.2) is 9.59 Å². The number of carbonyl (C=O) groups excluding carboxylic acids is 1. The molecule has 0 saturated carbocycles. The maximum atomic E-state index is 12.1. The average Bonchev–Trinajstić information content (AvgIpc) is 2.63. The van der Waals surface area contributed by atoms with Crippen LogP contribution in [0.3, 0.4) is 0 Å². The Morgan fingerprint density at radius 3 is 2.48 bits per heavy atom. The first-order chi connectivity index (χ1) is 12.1. The van der Waals surface area contributed by atoms with E-state index in [1.807, 2.05) is 18.2 Å². The first kappa shape index (κ1) is 18.1. The maximum absolute atomic E-state index is 12.1. The van der Waals surface area contributed by atoms with Crippen molar-refractivity contribution in [3.05, 3.63) is 78.4 Å². The molecule has 6 heteroatoms. The van der Waals surface area contributed by atoms with Crippen LogP contribution in [0.5, 0.6) is 5.75 Å². The fourth-order valence-corrected chi connectivity index (χ4v) is 2.23. The fourth-order valence-electron chi connectivity index (χ4n) is 2.23. The molecule has 3 N–H and O–H groups in total. The molecule has 0 saturated heterocycles. The van der Waals surface area contributed by atoms with E-state index in [0.717, 1.165) is 5.56 Å². The van der Waals surface area contributed by atoms with Crippen molar-refractivity contribution in [2.24, 2.45) is 0 Å². The largest absolute Gasteiger partial charge is 0.489 e. The SMILES string of the molecule is C=CCOc1ccccc1CNC(=O)NC(C(=O)O)c1ccccc1. The van der Waals surface area contributed by atoms with E-state index in [9.17, 15) is 14.7 Å². The summed E-state index contributed by atoms with van der Waals surface area (Å²) in [5.41, 5.74) is 1.28. The lowest BCUT2D eigenvalue weighted by molar-refractivity contribution is -0.139. The molecule has 130 valence electrons. The van der Waals surface area contributed by atoms with Crippen LogP contribution in [0.4, 0.5) is 4.79 Å². The number of carboxylic acids is 1. The van der Waals surface area contributed by atoms with Gasteiger partial charge in [0.15, 0.2) is 6.04 Å². The third kappa shape index (κ3) is 5.39. The molecule has 2 aromatic rings. The zero-order valence-electron chi connectivity index (χ0n) is 13.6. The number of hydrogen-bond donors (Lipinski definition) is 3. The molecule has 0 aromatic heterocycles. The number of rotatable bonds is 8. The lowest BCUT2D eigenvalue weighted by Gasteiger charge is -2.16. The predicted molar refractivity (Wildman–Crippen MR) is 94.3 cm³/mol. The Morgan fingerprint density at radius 2 is 1.80 bits per heavy atom. The van der Waals surface area contributed by atoms with E-state index < -0.39 is 18.0 Å². The third-order valence-electron chi connectivity index (χ3n) is 3.42. The van der Waals surface area contributed by atoms with Crippen molar-refractivity contribution in [2.75, 3.05) is 6.61 Å². The number of urea groups is 1. The number of hydrogen-bond acceptors (Lipinski definition) is 3. The lowest BCUT2D eigenvalue weighted by Crippen LogP contribution is -2.40. The normalized spacial score (nSPS) is 11.2. The van der Waals surface area contributed by atoms with Gasteiger partial charge in [0.05, 0.1) is 0 Å².